The lowest BCUT2D eigenvalue weighted by Crippen LogP contribution is -1.77. The van der Waals surface area contributed by atoms with Crippen molar-refractivity contribution in [3.8, 4) is 0 Å². The van der Waals surface area contributed by atoms with Crippen LogP contribution in [0.15, 0.2) is 0 Å². The lowest BCUT2D eigenvalue weighted by Gasteiger charge is -1.76. The van der Waals surface area contributed by atoms with Crippen LogP contribution in [0.1, 0.15) is 0 Å². The highest BCUT2D eigenvalue weighted by Gasteiger charge is 1.48. The topological polar surface area (TPSA) is 9.23 Å². The molecule has 0 fully saturated rings. The van der Waals surface area contributed by atoms with Crippen molar-refractivity contribution in [3.05, 3.63) is 0 Å². The minimum absolute atomic E-state index is 0.439. The van der Waals surface area contributed by atoms with Crippen LogP contribution in [0.4, 0.5) is 0 Å². The third kappa shape index (κ3) is 3.89. The average Bonchev–Trinajstić information content (AvgIpc) is 1.41. The normalized spacial score (nSPS) is 9.20. The first-order chi connectivity index (χ1) is 2.41. The largest absolute Gasteiger partial charge is 0.510 e. The van der Waals surface area contributed by atoms with Crippen molar-refractivity contribution in [1.82, 2.24) is 0 Å². The van der Waals surface area contributed by atoms with Crippen LogP contribution in [0.5, 0.6) is 0 Å². The molecule has 0 amide bonds. The standard InChI is InChI=1S/C3H8OSi/c1-4-3-5-2/h3,5H,1-2H3/b5-3+. The van der Waals surface area contributed by atoms with Crippen LogP contribution in [0.25, 0.3) is 0 Å². The fourth-order valence-electron chi connectivity index (χ4n) is 0.136. The van der Waals surface area contributed by atoms with Gasteiger partial charge in [-0.1, -0.05) is 6.55 Å². The van der Waals surface area contributed by atoms with Crippen LogP contribution in [0.3, 0.4) is 0 Å². The summed E-state index contributed by atoms with van der Waals surface area (Å²) < 4.78 is 4.60. The summed E-state index contributed by atoms with van der Waals surface area (Å²) in [7, 11) is 2.12. The summed E-state index contributed by atoms with van der Waals surface area (Å²) in [4.78, 5) is 0. The molecule has 0 atom stereocenters. The van der Waals surface area contributed by atoms with E-state index in [-0.39, 0.29) is 0 Å². The van der Waals surface area contributed by atoms with Gasteiger partial charge in [0.05, 0.1) is 13.0 Å². The zero-order valence-corrected chi connectivity index (χ0v) is 4.72. The predicted molar refractivity (Wildman–Crippen MR) is 26.1 cm³/mol. The van der Waals surface area contributed by atoms with Crippen molar-refractivity contribution < 1.29 is 4.74 Å². The summed E-state index contributed by atoms with van der Waals surface area (Å²) in [6.45, 7) is 2.11. The number of methoxy groups -OCH3 is 1. The highest BCUT2D eigenvalue weighted by atomic mass is 28.2. The van der Waals surface area contributed by atoms with E-state index in [2.05, 4.69) is 11.3 Å². The molecule has 30 valence electrons. The molecule has 0 aliphatic heterocycles. The Hall–Kier alpha value is -0.113. The molecular formula is C3H8OSi. The van der Waals surface area contributed by atoms with Gasteiger partial charge in [0, 0.05) is 9.13 Å². The van der Waals surface area contributed by atoms with E-state index in [1.54, 1.807) is 7.11 Å². The first-order valence-electron chi connectivity index (χ1n) is 1.55. The average molecular weight is 88.2 g/mol. The van der Waals surface area contributed by atoms with Gasteiger partial charge in [-0.25, -0.2) is 0 Å². The van der Waals surface area contributed by atoms with Crippen LogP contribution in [0.2, 0.25) is 6.55 Å². The molecular weight excluding hydrogens is 80.1 g/mol. The van der Waals surface area contributed by atoms with Crippen molar-refractivity contribution in [2.75, 3.05) is 7.11 Å². The molecule has 0 saturated carbocycles. The summed E-state index contributed by atoms with van der Waals surface area (Å²) in [5, 5.41) is 0. The smallest absolute Gasteiger partial charge is 0.0759 e. The molecule has 2 heteroatoms. The Morgan fingerprint density at radius 3 is 2.40 bits per heavy atom. The van der Waals surface area contributed by atoms with E-state index in [1.807, 2.05) is 5.86 Å². The first kappa shape index (κ1) is 4.89. The van der Waals surface area contributed by atoms with E-state index in [0.29, 0.717) is 9.13 Å². The zero-order chi connectivity index (χ0) is 4.12. The van der Waals surface area contributed by atoms with Crippen molar-refractivity contribution in [1.29, 1.82) is 0 Å². The second kappa shape index (κ2) is 3.89. The maximum absolute atomic E-state index is 4.60. The molecule has 0 unspecified atom stereocenters. The second-order valence-corrected chi connectivity index (χ2v) is 1.64. The third-order valence-electron chi connectivity index (χ3n) is 0.272. The number of ether oxygens (including phenoxy) is 1. The van der Waals surface area contributed by atoms with Crippen molar-refractivity contribution >= 4 is 15.0 Å². The van der Waals surface area contributed by atoms with Crippen LogP contribution in [-0.4, -0.2) is 22.1 Å². The van der Waals surface area contributed by atoms with E-state index in [4.69, 9.17) is 0 Å². The van der Waals surface area contributed by atoms with Gasteiger partial charge in [-0.05, 0) is 0 Å². The molecule has 0 aromatic rings. The fourth-order valence-corrected chi connectivity index (χ4v) is 0.408. The molecule has 1 nitrogen and oxygen atoms in total. The molecule has 5 heavy (non-hydrogen) atoms. The van der Waals surface area contributed by atoms with E-state index in [9.17, 15) is 0 Å². The lowest BCUT2D eigenvalue weighted by molar-refractivity contribution is 0.431. The maximum Gasteiger partial charge on any atom is 0.0759 e. The van der Waals surface area contributed by atoms with Gasteiger partial charge in [-0.2, -0.15) is 0 Å². The molecule has 0 aliphatic carbocycles. The van der Waals surface area contributed by atoms with Gasteiger partial charge < -0.3 is 4.74 Å². The summed E-state index contributed by atoms with van der Waals surface area (Å²) in [6.07, 6.45) is 0. The SMILES string of the molecule is CO/C=[SiH]/C. The van der Waals surface area contributed by atoms with Gasteiger partial charge in [0.25, 0.3) is 0 Å². The minimum Gasteiger partial charge on any atom is -0.510 e. The Morgan fingerprint density at radius 1 is 1.80 bits per heavy atom. The predicted octanol–water partition coefficient (Wildman–Crippen LogP) is -0.123. The molecule has 0 bridgehead atoms. The Labute approximate surface area is 34.4 Å². The highest BCUT2D eigenvalue weighted by Crippen LogP contribution is 1.41. The monoisotopic (exact) mass is 88.0 g/mol. The number of rotatable bonds is 1. The Kier molecular flexibility index (Phi) is 3.80. The van der Waals surface area contributed by atoms with Crippen molar-refractivity contribution in [3.63, 3.8) is 0 Å². The molecule has 0 N–H and O–H groups in total. The molecule has 0 spiro atoms. The van der Waals surface area contributed by atoms with Gasteiger partial charge in [0.2, 0.25) is 0 Å². The van der Waals surface area contributed by atoms with Gasteiger partial charge in [-0.3, -0.25) is 0 Å². The van der Waals surface area contributed by atoms with Crippen molar-refractivity contribution in [2.45, 2.75) is 6.55 Å². The van der Waals surface area contributed by atoms with Gasteiger partial charge >= 0.3 is 0 Å². The van der Waals surface area contributed by atoms with Gasteiger partial charge in [0.15, 0.2) is 0 Å². The maximum atomic E-state index is 4.60. The Balaban J connectivity index is 2.62. The van der Waals surface area contributed by atoms with Crippen LogP contribution in [0, 0.1) is 0 Å². The summed E-state index contributed by atoms with van der Waals surface area (Å²) >= 11 is 0. The van der Waals surface area contributed by atoms with Gasteiger partial charge in [0.1, 0.15) is 0 Å². The molecule has 0 aromatic heterocycles. The van der Waals surface area contributed by atoms with Crippen LogP contribution < -0.4 is 0 Å². The summed E-state index contributed by atoms with van der Waals surface area (Å²) in [6, 6.07) is 0. The molecule has 0 heterocycles. The van der Waals surface area contributed by atoms with Crippen LogP contribution >= 0.6 is 0 Å². The molecule has 0 aromatic carbocycles. The Bertz CT molecular complexity index is 33.9. The lowest BCUT2D eigenvalue weighted by atomic mass is 11.5. The third-order valence-corrected chi connectivity index (χ3v) is 0.816. The summed E-state index contributed by atoms with van der Waals surface area (Å²) in [5.41, 5.74) is 0. The van der Waals surface area contributed by atoms with Gasteiger partial charge in [-0.15, -0.1) is 0 Å². The van der Waals surface area contributed by atoms with Crippen LogP contribution in [-0.2, 0) is 4.74 Å². The highest BCUT2D eigenvalue weighted by molar-refractivity contribution is 6.43. The summed E-state index contributed by atoms with van der Waals surface area (Å²) in [5.74, 6) is 1.83. The van der Waals surface area contributed by atoms with E-state index in [0.717, 1.165) is 0 Å². The van der Waals surface area contributed by atoms with E-state index < -0.39 is 0 Å². The fraction of sp³-hybridized carbons (Fsp3) is 0.667. The number of hydrogen-bond acceptors (Lipinski definition) is 1. The second-order valence-electron chi connectivity index (χ2n) is 0.705. The molecule has 0 saturated heterocycles. The van der Waals surface area contributed by atoms with E-state index in [1.165, 1.54) is 0 Å². The molecule has 0 rings (SSSR count). The molecule has 0 radical (unpaired) electrons. The van der Waals surface area contributed by atoms with E-state index >= 15 is 0 Å². The molecule has 0 aliphatic rings. The minimum atomic E-state index is 0.439. The Morgan fingerprint density at radius 2 is 2.40 bits per heavy atom. The zero-order valence-electron chi connectivity index (χ0n) is 3.56. The first-order valence-corrected chi connectivity index (χ1v) is 3.38. The quantitative estimate of drug-likeness (QED) is 0.406. The van der Waals surface area contributed by atoms with Crippen molar-refractivity contribution in [2.24, 2.45) is 0 Å². The number of hydrogen-bond donors (Lipinski definition) is 0.